The van der Waals surface area contributed by atoms with Gasteiger partial charge in [0.2, 0.25) is 5.91 Å². The number of thiophene rings is 1. The monoisotopic (exact) mass is 455 g/mol. The number of hydrogen-bond donors (Lipinski definition) is 0. The number of hydrogen-bond acceptors (Lipinski definition) is 6. The Morgan fingerprint density at radius 3 is 2.44 bits per heavy atom. The Hall–Kier alpha value is -3.13. The largest absolute Gasteiger partial charge is 0.462 e. The highest BCUT2D eigenvalue weighted by Crippen LogP contribution is 2.30. The lowest BCUT2D eigenvalue weighted by Gasteiger charge is -2.37. The summed E-state index contributed by atoms with van der Waals surface area (Å²) in [5.41, 5.74) is 1.04. The SMILES string of the molecule is C.CCOC(=O)c1c(N2CCN(C(=O)Cc3cccs3)CC2)c2ccccc2n(C)c1=O. The summed E-state index contributed by atoms with van der Waals surface area (Å²) in [7, 11) is 1.67. The Labute approximate surface area is 191 Å². The van der Waals surface area contributed by atoms with Crippen LogP contribution in [-0.2, 0) is 23.0 Å². The van der Waals surface area contributed by atoms with Gasteiger partial charge in [0.25, 0.3) is 5.56 Å². The molecule has 1 aromatic carbocycles. The number of benzene rings is 1. The fourth-order valence-corrected chi connectivity index (χ4v) is 4.74. The Morgan fingerprint density at radius 2 is 1.78 bits per heavy atom. The normalized spacial score (nSPS) is 13.7. The average molecular weight is 456 g/mol. The standard InChI is InChI=1S/C23H25N3O4S.CH4/c1-3-30-23(29)20-21(17-8-4-5-9-18(17)24(2)22(20)28)26-12-10-25(11-13-26)19(27)15-16-7-6-14-31-16;/h4-9,14H,3,10-13,15H2,1-2H3;1H4. The highest BCUT2D eigenvalue weighted by molar-refractivity contribution is 7.10. The zero-order chi connectivity index (χ0) is 22.0. The number of fused-ring (bicyclic) bond motifs is 1. The molecule has 0 unspecified atom stereocenters. The van der Waals surface area contributed by atoms with E-state index < -0.39 is 5.97 Å². The van der Waals surface area contributed by atoms with Gasteiger partial charge in [-0.05, 0) is 24.4 Å². The van der Waals surface area contributed by atoms with Crippen LogP contribution in [0.15, 0.2) is 46.6 Å². The lowest BCUT2D eigenvalue weighted by atomic mass is 10.1. The smallest absolute Gasteiger partial charge is 0.345 e. The lowest BCUT2D eigenvalue weighted by Crippen LogP contribution is -2.50. The average Bonchev–Trinajstić information content (AvgIpc) is 3.29. The summed E-state index contributed by atoms with van der Waals surface area (Å²) in [6.45, 7) is 4.08. The molecule has 32 heavy (non-hydrogen) atoms. The number of ether oxygens (including phenoxy) is 1. The highest BCUT2D eigenvalue weighted by atomic mass is 32.1. The van der Waals surface area contributed by atoms with Crippen LogP contribution in [0.3, 0.4) is 0 Å². The van der Waals surface area contributed by atoms with Crippen LogP contribution in [0.25, 0.3) is 10.9 Å². The molecule has 0 aliphatic carbocycles. The van der Waals surface area contributed by atoms with Gasteiger partial charge in [0.1, 0.15) is 5.56 Å². The third-order valence-electron chi connectivity index (χ3n) is 5.61. The van der Waals surface area contributed by atoms with Crippen molar-refractivity contribution in [2.45, 2.75) is 20.8 Å². The molecule has 170 valence electrons. The van der Waals surface area contributed by atoms with Gasteiger partial charge >= 0.3 is 5.97 Å². The van der Waals surface area contributed by atoms with Crippen LogP contribution in [0.5, 0.6) is 0 Å². The number of aromatic nitrogens is 1. The molecule has 8 heteroatoms. The van der Waals surface area contributed by atoms with Gasteiger partial charge in [-0.25, -0.2) is 4.79 Å². The topological polar surface area (TPSA) is 71.8 Å². The van der Waals surface area contributed by atoms with E-state index in [0.717, 1.165) is 15.8 Å². The fourth-order valence-electron chi connectivity index (χ4n) is 4.05. The first-order valence-electron chi connectivity index (χ1n) is 10.3. The van der Waals surface area contributed by atoms with Crippen molar-refractivity contribution >= 4 is 39.8 Å². The van der Waals surface area contributed by atoms with Crippen molar-refractivity contribution in [3.63, 3.8) is 0 Å². The molecule has 0 radical (unpaired) electrons. The number of anilines is 1. The number of piperazine rings is 1. The molecule has 1 aliphatic heterocycles. The van der Waals surface area contributed by atoms with Crippen molar-refractivity contribution < 1.29 is 14.3 Å². The quantitative estimate of drug-likeness (QED) is 0.552. The first-order valence-corrected chi connectivity index (χ1v) is 11.2. The van der Waals surface area contributed by atoms with Crippen LogP contribution in [0.2, 0.25) is 0 Å². The summed E-state index contributed by atoms with van der Waals surface area (Å²) in [5, 5.41) is 2.80. The molecule has 4 rings (SSSR count). The van der Waals surface area contributed by atoms with Crippen LogP contribution in [-0.4, -0.2) is 54.1 Å². The number of aryl methyl sites for hydroxylation is 1. The highest BCUT2D eigenvalue weighted by Gasteiger charge is 2.29. The van der Waals surface area contributed by atoms with Crippen LogP contribution >= 0.6 is 11.3 Å². The maximum Gasteiger partial charge on any atom is 0.345 e. The molecule has 1 saturated heterocycles. The van der Waals surface area contributed by atoms with E-state index in [9.17, 15) is 14.4 Å². The van der Waals surface area contributed by atoms with Gasteiger partial charge in [-0.15, -0.1) is 11.3 Å². The maximum absolute atomic E-state index is 13.1. The van der Waals surface area contributed by atoms with E-state index in [0.29, 0.717) is 38.3 Å². The van der Waals surface area contributed by atoms with E-state index in [1.165, 1.54) is 4.57 Å². The fraction of sp³-hybridized carbons (Fsp3) is 0.375. The third kappa shape index (κ3) is 4.41. The van der Waals surface area contributed by atoms with Gasteiger partial charge < -0.3 is 19.1 Å². The molecular formula is C24H29N3O4S. The molecule has 2 aromatic heterocycles. The van der Waals surface area contributed by atoms with Crippen LogP contribution in [0.1, 0.15) is 29.6 Å². The number of esters is 1. The van der Waals surface area contributed by atoms with Gasteiger partial charge in [-0.3, -0.25) is 9.59 Å². The summed E-state index contributed by atoms with van der Waals surface area (Å²) in [6.07, 6.45) is 0.403. The predicted molar refractivity (Wildman–Crippen MR) is 129 cm³/mol. The number of pyridine rings is 1. The Kier molecular flexibility index (Phi) is 7.35. The molecule has 0 atom stereocenters. The summed E-state index contributed by atoms with van der Waals surface area (Å²) < 4.78 is 6.71. The minimum atomic E-state index is -0.611. The number of para-hydroxylation sites is 1. The molecule has 0 spiro atoms. The molecule has 0 saturated carbocycles. The van der Waals surface area contributed by atoms with Crippen molar-refractivity contribution in [2.75, 3.05) is 37.7 Å². The van der Waals surface area contributed by atoms with Crippen molar-refractivity contribution in [3.8, 4) is 0 Å². The maximum atomic E-state index is 13.1. The second-order valence-corrected chi connectivity index (χ2v) is 8.48. The number of carbonyl (C=O) groups excluding carboxylic acids is 2. The zero-order valence-electron chi connectivity index (χ0n) is 17.7. The third-order valence-corrected chi connectivity index (χ3v) is 6.49. The molecule has 1 aliphatic rings. The van der Waals surface area contributed by atoms with E-state index in [1.807, 2.05) is 51.6 Å². The van der Waals surface area contributed by atoms with Gasteiger partial charge in [0.05, 0.1) is 24.2 Å². The Balaban J connectivity index is 0.00000289. The Bertz CT molecular complexity index is 1160. The van der Waals surface area contributed by atoms with Crippen molar-refractivity contribution in [1.82, 2.24) is 9.47 Å². The number of carbonyl (C=O) groups is 2. The van der Waals surface area contributed by atoms with Gasteiger partial charge in [-0.1, -0.05) is 31.7 Å². The summed E-state index contributed by atoms with van der Waals surface area (Å²) in [4.78, 5) is 43.4. The van der Waals surface area contributed by atoms with Crippen molar-refractivity contribution in [2.24, 2.45) is 7.05 Å². The molecule has 7 nitrogen and oxygen atoms in total. The van der Waals surface area contributed by atoms with Gasteiger partial charge in [0.15, 0.2) is 0 Å². The predicted octanol–water partition coefficient (Wildman–Crippen LogP) is 3.30. The second-order valence-electron chi connectivity index (χ2n) is 7.45. The molecular weight excluding hydrogens is 426 g/mol. The first kappa shape index (κ1) is 23.5. The van der Waals surface area contributed by atoms with Crippen LogP contribution in [0.4, 0.5) is 5.69 Å². The van der Waals surface area contributed by atoms with E-state index in [-0.39, 0.29) is 31.1 Å². The minimum absolute atomic E-state index is 0. The summed E-state index contributed by atoms with van der Waals surface area (Å²) in [5.74, 6) is -0.512. The molecule has 0 N–H and O–H groups in total. The van der Waals surface area contributed by atoms with Crippen molar-refractivity contribution in [1.29, 1.82) is 0 Å². The molecule has 3 aromatic rings. The molecule has 0 bridgehead atoms. The van der Waals surface area contributed by atoms with Crippen LogP contribution < -0.4 is 10.5 Å². The van der Waals surface area contributed by atoms with Gasteiger partial charge in [-0.2, -0.15) is 0 Å². The van der Waals surface area contributed by atoms with Crippen LogP contribution in [0, 0.1) is 0 Å². The Morgan fingerprint density at radius 1 is 1.06 bits per heavy atom. The zero-order valence-corrected chi connectivity index (χ0v) is 18.5. The number of nitrogens with zero attached hydrogens (tertiary/aromatic N) is 3. The van der Waals surface area contributed by atoms with Gasteiger partial charge in [0, 0.05) is 43.5 Å². The number of rotatable bonds is 5. The number of amides is 1. The molecule has 1 fully saturated rings. The van der Waals surface area contributed by atoms with E-state index in [4.69, 9.17) is 4.74 Å². The summed E-state index contributed by atoms with van der Waals surface area (Å²) in [6, 6.07) is 11.5. The lowest BCUT2D eigenvalue weighted by molar-refractivity contribution is -0.130. The molecule has 1 amide bonds. The van der Waals surface area contributed by atoms with E-state index >= 15 is 0 Å². The van der Waals surface area contributed by atoms with E-state index in [2.05, 4.69) is 0 Å². The van der Waals surface area contributed by atoms with Crippen molar-refractivity contribution in [3.05, 3.63) is 62.6 Å². The second kappa shape index (κ2) is 9.99. The molecule has 3 heterocycles. The first-order chi connectivity index (χ1) is 15.0. The van der Waals surface area contributed by atoms with E-state index in [1.54, 1.807) is 25.3 Å². The minimum Gasteiger partial charge on any atom is -0.462 e. The summed E-state index contributed by atoms with van der Waals surface area (Å²) >= 11 is 1.58.